The number of carbonyl (C=O) groups is 3. The molecule has 3 fully saturated rings. The molecule has 15 nitrogen and oxygen atoms in total. The lowest BCUT2D eigenvalue weighted by Gasteiger charge is -2.28. The molecule has 9 rings (SSSR count). The van der Waals surface area contributed by atoms with E-state index >= 15 is 0 Å². The molecule has 3 aromatic carbocycles. The molecule has 0 spiro atoms. The highest BCUT2D eigenvalue weighted by Crippen LogP contribution is 2.31. The average Bonchev–Trinajstić information content (AvgIpc) is 3.35. The lowest BCUT2D eigenvalue weighted by Crippen LogP contribution is -2.35. The number of halogens is 3. The molecule has 0 bridgehead atoms. The number of aryl methyl sites for hydroxylation is 2. The number of piperidine rings is 3. The third kappa shape index (κ3) is 14.0. The van der Waals surface area contributed by atoms with Crippen LogP contribution in [0.3, 0.4) is 0 Å². The lowest BCUT2D eigenvalue weighted by molar-refractivity contribution is -0.137. The number of anilines is 6. The molecule has 0 radical (unpaired) electrons. The fourth-order valence-corrected chi connectivity index (χ4v) is 8.40. The summed E-state index contributed by atoms with van der Waals surface area (Å²) in [5.74, 6) is 3.90. The zero-order chi connectivity index (χ0) is 49.8. The summed E-state index contributed by atoms with van der Waals surface area (Å²) in [5, 5.41) is 0. The van der Waals surface area contributed by atoms with E-state index in [0.717, 1.165) is 65.3 Å². The van der Waals surface area contributed by atoms with Gasteiger partial charge < -0.3 is 31.9 Å². The van der Waals surface area contributed by atoms with Crippen LogP contribution in [-0.2, 0) is 46.2 Å². The van der Waals surface area contributed by atoms with Crippen molar-refractivity contribution in [2.75, 3.05) is 71.2 Å². The van der Waals surface area contributed by atoms with Crippen molar-refractivity contribution in [2.45, 2.75) is 84.2 Å². The maximum atomic E-state index is 12.7. The van der Waals surface area contributed by atoms with Crippen LogP contribution in [0.1, 0.15) is 95.5 Å². The standard InChI is InChI=1S/C18H22N4O.C17H17F3N4O.C17H20N4O/c1-2-13-3-5-14(6-4-13)11-15-12-20-18(19)21-17(15)22-9-7-16(23)8-10-22;18-17(19,20)13-3-1-11(2-4-13)9-12-10-22-16(21)23-15(12)24-7-5-14(25)6-8-24;1-12-2-4-13(5-3-12)10-14-11-19-17(18)20-16(14)21-8-6-15(22)7-9-21/h3-6,12H,2,7-11H2,1H3,(H2,19,20,21);1-4,10H,5-9H2,(H2,21,22,23);2-5,11H,6-10H2,1H3,(H2,18,19,20). The number of alkyl halides is 3. The normalized spacial score (nSPS) is 15.2. The van der Waals surface area contributed by atoms with Crippen molar-refractivity contribution < 1.29 is 27.6 Å². The van der Waals surface area contributed by atoms with Crippen LogP contribution in [-0.4, -0.2) is 86.5 Å². The van der Waals surface area contributed by atoms with E-state index < -0.39 is 11.7 Å². The smallest absolute Gasteiger partial charge is 0.368 e. The first-order valence-electron chi connectivity index (χ1n) is 23.5. The van der Waals surface area contributed by atoms with E-state index in [1.807, 2.05) is 11.1 Å². The number of rotatable bonds is 10. The molecule has 0 aliphatic carbocycles. The van der Waals surface area contributed by atoms with Crippen LogP contribution >= 0.6 is 0 Å². The highest BCUT2D eigenvalue weighted by molar-refractivity contribution is 5.82. The Morgan fingerprint density at radius 3 is 1.06 bits per heavy atom. The van der Waals surface area contributed by atoms with Gasteiger partial charge in [0.15, 0.2) is 0 Å². The Labute approximate surface area is 405 Å². The van der Waals surface area contributed by atoms with Crippen molar-refractivity contribution in [1.82, 2.24) is 29.9 Å². The summed E-state index contributed by atoms with van der Waals surface area (Å²) in [4.78, 5) is 66.0. The molecule has 0 saturated carbocycles. The number of ketones is 3. The van der Waals surface area contributed by atoms with Crippen molar-refractivity contribution in [3.8, 4) is 0 Å². The maximum absolute atomic E-state index is 12.7. The first-order valence-corrected chi connectivity index (χ1v) is 23.5. The number of hydrogen-bond donors (Lipinski definition) is 3. The van der Waals surface area contributed by atoms with Gasteiger partial charge in [-0.2, -0.15) is 28.1 Å². The number of nitrogen functional groups attached to an aromatic ring is 3. The lowest BCUT2D eigenvalue weighted by atomic mass is 10.0. The zero-order valence-corrected chi connectivity index (χ0v) is 39.6. The average molecular weight is 957 g/mol. The van der Waals surface area contributed by atoms with Crippen LogP contribution in [0.5, 0.6) is 0 Å². The molecular weight excluding hydrogens is 898 g/mol. The number of nitrogens with two attached hydrogens (primary N) is 3. The molecule has 3 aliphatic heterocycles. The molecule has 6 aromatic rings. The van der Waals surface area contributed by atoms with Gasteiger partial charge in [-0.3, -0.25) is 14.4 Å². The zero-order valence-electron chi connectivity index (χ0n) is 39.6. The Morgan fingerprint density at radius 2 is 0.757 bits per heavy atom. The summed E-state index contributed by atoms with van der Waals surface area (Å²) in [6.07, 6.45) is 7.01. The van der Waals surface area contributed by atoms with Gasteiger partial charge in [-0.15, -0.1) is 0 Å². The third-order valence-corrected chi connectivity index (χ3v) is 12.5. The number of Topliss-reactive ketones (excluding diaryl/α,β-unsaturated/α-hetero) is 3. The van der Waals surface area contributed by atoms with Gasteiger partial charge >= 0.3 is 6.18 Å². The van der Waals surface area contributed by atoms with Gasteiger partial charge in [-0.05, 0) is 47.7 Å². The van der Waals surface area contributed by atoms with Crippen molar-refractivity contribution >= 4 is 52.6 Å². The predicted octanol–water partition coefficient (Wildman–Crippen LogP) is 7.35. The minimum Gasteiger partial charge on any atom is -0.368 e. The molecule has 366 valence electrons. The van der Waals surface area contributed by atoms with Crippen molar-refractivity contribution in [2.24, 2.45) is 0 Å². The van der Waals surface area contributed by atoms with Gasteiger partial charge in [0.05, 0.1) is 5.56 Å². The number of nitrogens with zero attached hydrogens (tertiary/aromatic N) is 9. The number of hydrogen-bond acceptors (Lipinski definition) is 15. The largest absolute Gasteiger partial charge is 0.416 e. The van der Waals surface area contributed by atoms with E-state index in [1.54, 1.807) is 12.4 Å². The highest BCUT2D eigenvalue weighted by Gasteiger charge is 2.30. The quantitative estimate of drug-likeness (QED) is 0.122. The molecule has 0 unspecified atom stereocenters. The molecule has 3 aromatic heterocycles. The highest BCUT2D eigenvalue weighted by atomic mass is 19.4. The van der Waals surface area contributed by atoms with Crippen LogP contribution in [0.4, 0.5) is 48.5 Å². The minimum absolute atomic E-state index is 0.128. The Morgan fingerprint density at radius 1 is 0.471 bits per heavy atom. The number of benzene rings is 3. The molecule has 18 heteroatoms. The van der Waals surface area contributed by atoms with Crippen molar-refractivity contribution in [1.29, 1.82) is 0 Å². The fourth-order valence-electron chi connectivity index (χ4n) is 8.40. The number of aromatic nitrogens is 6. The van der Waals surface area contributed by atoms with Crippen LogP contribution in [0.15, 0.2) is 91.4 Å². The van der Waals surface area contributed by atoms with Crippen molar-refractivity contribution in [3.63, 3.8) is 0 Å². The van der Waals surface area contributed by atoms with Crippen LogP contribution < -0.4 is 31.9 Å². The summed E-state index contributed by atoms with van der Waals surface area (Å²) in [6.45, 7) is 8.15. The van der Waals surface area contributed by atoms with Gasteiger partial charge in [-0.1, -0.05) is 73.2 Å². The van der Waals surface area contributed by atoms with Crippen LogP contribution in [0.2, 0.25) is 0 Å². The second kappa shape index (κ2) is 23.2. The topological polar surface area (TPSA) is 216 Å². The maximum Gasteiger partial charge on any atom is 0.416 e. The van der Waals surface area contributed by atoms with E-state index in [1.165, 1.54) is 34.4 Å². The first kappa shape index (κ1) is 50.4. The monoisotopic (exact) mass is 956 g/mol. The second-order valence-electron chi connectivity index (χ2n) is 17.7. The summed E-state index contributed by atoms with van der Waals surface area (Å²) in [7, 11) is 0. The molecule has 3 saturated heterocycles. The summed E-state index contributed by atoms with van der Waals surface area (Å²) in [6, 6.07) is 22.1. The number of carbonyl (C=O) groups excluding carboxylic acids is 3. The van der Waals surface area contributed by atoms with Gasteiger partial charge in [0.25, 0.3) is 0 Å². The summed E-state index contributed by atoms with van der Waals surface area (Å²) in [5.41, 5.74) is 25.1. The fraction of sp³-hybridized carbons (Fsp3) is 0.365. The minimum atomic E-state index is -4.35. The summed E-state index contributed by atoms with van der Waals surface area (Å²) < 4.78 is 38.0. The van der Waals surface area contributed by atoms with Gasteiger partial charge in [0.2, 0.25) is 17.8 Å². The van der Waals surface area contributed by atoms with Gasteiger partial charge in [-0.25, -0.2) is 15.0 Å². The Bertz CT molecular complexity index is 2720. The van der Waals surface area contributed by atoms with Gasteiger partial charge in [0, 0.05) is 132 Å². The summed E-state index contributed by atoms with van der Waals surface area (Å²) >= 11 is 0. The van der Waals surface area contributed by atoms with E-state index in [9.17, 15) is 27.6 Å². The Hall–Kier alpha value is -7.50. The van der Waals surface area contributed by atoms with E-state index in [4.69, 9.17) is 17.2 Å². The molecule has 3 aliphatic rings. The SMILES string of the molecule is CCc1ccc(Cc2cnc(N)nc2N2CCC(=O)CC2)cc1.Cc1ccc(Cc2cnc(N)nc2N2CCC(=O)CC2)cc1.Nc1ncc(Cc2ccc(C(F)(F)F)cc2)c(N2CCC(=O)CC2)n1. The van der Waals surface area contributed by atoms with E-state index in [2.05, 4.69) is 102 Å². The first-order chi connectivity index (χ1) is 33.6. The molecule has 6 heterocycles. The molecule has 70 heavy (non-hydrogen) atoms. The molecule has 0 atom stereocenters. The predicted molar refractivity (Wildman–Crippen MR) is 266 cm³/mol. The van der Waals surface area contributed by atoms with Crippen LogP contribution in [0, 0.1) is 6.92 Å². The second-order valence-corrected chi connectivity index (χ2v) is 17.7. The Balaban J connectivity index is 0.000000155. The molecular formula is C52H59F3N12O3. The van der Waals surface area contributed by atoms with E-state index in [-0.39, 0.29) is 23.6 Å². The van der Waals surface area contributed by atoms with Crippen molar-refractivity contribution in [3.05, 3.63) is 141 Å². The third-order valence-electron chi connectivity index (χ3n) is 12.5. The van der Waals surface area contributed by atoms with Crippen LogP contribution in [0.25, 0.3) is 0 Å². The Kier molecular flexibility index (Phi) is 16.7. The van der Waals surface area contributed by atoms with Gasteiger partial charge in [0.1, 0.15) is 34.8 Å². The molecule has 6 N–H and O–H groups in total. The molecule has 0 amide bonds. The van der Waals surface area contributed by atoms with E-state index in [0.29, 0.717) is 102 Å².